The van der Waals surface area contributed by atoms with Crippen LogP contribution in [0.25, 0.3) is 0 Å². The molecule has 8 heteroatoms. The first-order valence-electron chi connectivity index (χ1n) is 8.03. The molecule has 0 saturated heterocycles. The van der Waals surface area contributed by atoms with E-state index in [1.54, 1.807) is 19.2 Å². The predicted octanol–water partition coefficient (Wildman–Crippen LogP) is 2.21. The van der Waals surface area contributed by atoms with Crippen LogP contribution in [0.5, 0.6) is 0 Å². The van der Waals surface area contributed by atoms with Crippen molar-refractivity contribution >= 4 is 40.0 Å². The molecule has 0 bridgehead atoms. The molecule has 136 valence electrons. The molecule has 0 heterocycles. The molecule has 1 aromatic carbocycles. The molecular weight excluding hydrogens is 439 g/mol. The Morgan fingerprint density at radius 1 is 1.29 bits per heavy atom. The third-order valence-corrected chi connectivity index (χ3v) is 5.35. The zero-order valence-corrected chi connectivity index (χ0v) is 17.5. The summed E-state index contributed by atoms with van der Waals surface area (Å²) in [5.74, 6) is 0.742. The van der Waals surface area contributed by atoms with Gasteiger partial charge in [0.2, 0.25) is 10.0 Å². The fourth-order valence-electron chi connectivity index (χ4n) is 1.99. The Labute approximate surface area is 162 Å². The van der Waals surface area contributed by atoms with Crippen LogP contribution < -0.4 is 15.4 Å². The predicted molar refractivity (Wildman–Crippen MR) is 108 cm³/mol. The zero-order valence-electron chi connectivity index (χ0n) is 14.4. The van der Waals surface area contributed by atoms with Gasteiger partial charge in [-0.2, -0.15) is 0 Å². The Morgan fingerprint density at radius 3 is 2.42 bits per heavy atom. The van der Waals surface area contributed by atoms with Crippen molar-refractivity contribution in [3.05, 3.63) is 29.8 Å². The average Bonchev–Trinajstić information content (AvgIpc) is 3.34. The lowest BCUT2D eigenvalue weighted by Crippen LogP contribution is -2.41. The van der Waals surface area contributed by atoms with Crippen molar-refractivity contribution in [3.63, 3.8) is 0 Å². The van der Waals surface area contributed by atoms with E-state index in [2.05, 4.69) is 34.2 Å². The van der Waals surface area contributed by atoms with Gasteiger partial charge in [-0.1, -0.05) is 19.1 Å². The minimum Gasteiger partial charge on any atom is -0.354 e. The van der Waals surface area contributed by atoms with Crippen LogP contribution in [-0.2, 0) is 16.6 Å². The molecule has 0 spiro atoms. The Morgan fingerprint density at radius 2 is 1.92 bits per heavy atom. The molecule has 0 aliphatic heterocycles. The normalized spacial score (nSPS) is 16.2. The maximum Gasteiger partial charge on any atom is 0.240 e. The summed E-state index contributed by atoms with van der Waals surface area (Å²) in [6, 6.07) is 7.41. The van der Waals surface area contributed by atoms with Crippen LogP contribution >= 0.6 is 24.0 Å². The summed E-state index contributed by atoms with van der Waals surface area (Å²) in [6.07, 6.45) is 2.88. The second kappa shape index (κ2) is 9.57. The molecule has 2 rings (SSSR count). The van der Waals surface area contributed by atoms with Crippen molar-refractivity contribution in [1.82, 2.24) is 15.4 Å². The summed E-state index contributed by atoms with van der Waals surface area (Å²) in [7, 11) is -1.64. The van der Waals surface area contributed by atoms with Crippen molar-refractivity contribution in [2.45, 2.75) is 56.6 Å². The van der Waals surface area contributed by atoms with E-state index in [0.29, 0.717) is 17.5 Å². The summed E-state index contributed by atoms with van der Waals surface area (Å²) in [5, 5.41) is 6.51. The van der Waals surface area contributed by atoms with Gasteiger partial charge >= 0.3 is 0 Å². The van der Waals surface area contributed by atoms with Crippen LogP contribution in [0.2, 0.25) is 0 Å². The van der Waals surface area contributed by atoms with E-state index < -0.39 is 10.0 Å². The van der Waals surface area contributed by atoms with Crippen molar-refractivity contribution in [3.8, 4) is 0 Å². The van der Waals surface area contributed by atoms with Crippen molar-refractivity contribution in [2.75, 3.05) is 7.05 Å². The Bertz CT molecular complexity index is 643. The number of nitrogens with zero attached hydrogens (tertiary/aromatic N) is 1. The molecule has 1 aliphatic rings. The SMILES string of the molecule is CCC(C)NC(=NC)NCc1ccc(S(=O)(=O)NC2CC2)cc1.I. The van der Waals surface area contributed by atoms with Gasteiger partial charge in [0.25, 0.3) is 0 Å². The van der Waals surface area contributed by atoms with Crippen LogP contribution in [0.15, 0.2) is 34.2 Å². The van der Waals surface area contributed by atoms with E-state index in [1.165, 1.54) is 0 Å². The quantitative estimate of drug-likeness (QED) is 0.327. The van der Waals surface area contributed by atoms with Gasteiger partial charge in [0, 0.05) is 25.7 Å². The molecule has 24 heavy (non-hydrogen) atoms. The number of guanidine groups is 1. The third kappa shape index (κ3) is 6.56. The van der Waals surface area contributed by atoms with Gasteiger partial charge in [0.1, 0.15) is 0 Å². The smallest absolute Gasteiger partial charge is 0.240 e. The maximum absolute atomic E-state index is 12.1. The number of halogens is 1. The molecular formula is C16H27IN4O2S. The number of aliphatic imine (C=N–C) groups is 1. The summed E-state index contributed by atoms with van der Waals surface area (Å²) < 4.78 is 26.9. The molecule has 1 atom stereocenters. The number of benzene rings is 1. The number of rotatable bonds is 7. The molecule has 1 aromatic rings. The molecule has 3 N–H and O–H groups in total. The molecule has 1 fully saturated rings. The first-order valence-corrected chi connectivity index (χ1v) is 9.51. The molecule has 0 radical (unpaired) electrons. The molecule has 1 aliphatic carbocycles. The highest BCUT2D eigenvalue weighted by molar-refractivity contribution is 14.0. The summed E-state index contributed by atoms with van der Waals surface area (Å²) in [6.45, 7) is 4.80. The lowest BCUT2D eigenvalue weighted by molar-refractivity contribution is 0.581. The van der Waals surface area contributed by atoms with Gasteiger partial charge in [0.15, 0.2) is 5.96 Å². The number of sulfonamides is 1. The lowest BCUT2D eigenvalue weighted by Gasteiger charge is -2.16. The van der Waals surface area contributed by atoms with E-state index in [1.807, 2.05) is 12.1 Å². The Kier molecular flexibility index (Phi) is 8.44. The minimum absolute atomic E-state index is 0. The maximum atomic E-state index is 12.1. The minimum atomic E-state index is -3.38. The van der Waals surface area contributed by atoms with E-state index in [-0.39, 0.29) is 30.0 Å². The summed E-state index contributed by atoms with van der Waals surface area (Å²) in [5.41, 5.74) is 1.00. The lowest BCUT2D eigenvalue weighted by atomic mass is 10.2. The van der Waals surface area contributed by atoms with Crippen molar-refractivity contribution < 1.29 is 8.42 Å². The second-order valence-corrected chi connectivity index (χ2v) is 7.63. The van der Waals surface area contributed by atoms with E-state index in [9.17, 15) is 8.42 Å². The third-order valence-electron chi connectivity index (χ3n) is 3.81. The highest BCUT2D eigenvalue weighted by Crippen LogP contribution is 2.22. The van der Waals surface area contributed by atoms with Gasteiger partial charge < -0.3 is 10.6 Å². The summed E-state index contributed by atoms with van der Waals surface area (Å²) in [4.78, 5) is 4.49. The molecule has 1 saturated carbocycles. The van der Waals surface area contributed by atoms with Gasteiger partial charge in [-0.3, -0.25) is 4.99 Å². The van der Waals surface area contributed by atoms with Gasteiger partial charge in [-0.25, -0.2) is 13.1 Å². The number of hydrogen-bond acceptors (Lipinski definition) is 3. The summed E-state index contributed by atoms with van der Waals surface area (Å²) >= 11 is 0. The second-order valence-electron chi connectivity index (χ2n) is 5.92. The van der Waals surface area contributed by atoms with Crippen molar-refractivity contribution in [2.24, 2.45) is 4.99 Å². The molecule has 6 nitrogen and oxygen atoms in total. The van der Waals surface area contributed by atoms with Crippen LogP contribution in [-0.4, -0.2) is 33.5 Å². The van der Waals surface area contributed by atoms with Crippen LogP contribution in [0.3, 0.4) is 0 Å². The van der Waals surface area contributed by atoms with Crippen molar-refractivity contribution in [1.29, 1.82) is 0 Å². The van der Waals surface area contributed by atoms with Crippen LogP contribution in [0.1, 0.15) is 38.7 Å². The first-order chi connectivity index (χ1) is 10.9. The molecule has 0 amide bonds. The zero-order chi connectivity index (χ0) is 16.9. The Hall–Kier alpha value is -0.870. The van der Waals surface area contributed by atoms with Crippen LogP contribution in [0.4, 0.5) is 0 Å². The highest BCUT2D eigenvalue weighted by Gasteiger charge is 2.27. The number of hydrogen-bond donors (Lipinski definition) is 3. The van der Waals surface area contributed by atoms with E-state index >= 15 is 0 Å². The van der Waals surface area contributed by atoms with Crippen LogP contribution in [0, 0.1) is 0 Å². The molecule has 1 unspecified atom stereocenters. The Balaban J connectivity index is 0.00000288. The largest absolute Gasteiger partial charge is 0.354 e. The van der Waals surface area contributed by atoms with E-state index in [4.69, 9.17) is 0 Å². The van der Waals surface area contributed by atoms with E-state index in [0.717, 1.165) is 30.8 Å². The molecule has 0 aromatic heterocycles. The standard InChI is InChI=1S/C16H26N4O2S.HI/c1-4-12(2)19-16(17-3)18-11-13-5-9-15(10-6-13)23(21,22)20-14-7-8-14;/h5-6,9-10,12,14,20H,4,7-8,11H2,1-3H3,(H2,17,18,19);1H. The van der Waals surface area contributed by atoms with Gasteiger partial charge in [-0.05, 0) is 43.9 Å². The number of nitrogens with one attached hydrogen (secondary N) is 3. The van der Waals surface area contributed by atoms with Gasteiger partial charge in [0.05, 0.1) is 4.90 Å². The van der Waals surface area contributed by atoms with Gasteiger partial charge in [-0.15, -0.1) is 24.0 Å². The fraction of sp³-hybridized carbons (Fsp3) is 0.562. The first kappa shape index (κ1) is 21.2. The monoisotopic (exact) mass is 466 g/mol. The average molecular weight is 466 g/mol. The fourth-order valence-corrected chi connectivity index (χ4v) is 3.30. The highest BCUT2D eigenvalue weighted by atomic mass is 127. The topological polar surface area (TPSA) is 82.6 Å².